The van der Waals surface area contributed by atoms with Gasteiger partial charge in [0.2, 0.25) is 0 Å². The summed E-state index contributed by atoms with van der Waals surface area (Å²) in [4.78, 5) is 2.85. The molecule has 2 nitrogen and oxygen atoms in total. The maximum atomic E-state index is 3.54. The summed E-state index contributed by atoms with van der Waals surface area (Å²) >= 11 is 0. The summed E-state index contributed by atoms with van der Waals surface area (Å²) in [6.45, 7) is 7.67. The summed E-state index contributed by atoms with van der Waals surface area (Å²) in [6, 6.07) is 0.940. The zero-order valence-corrected chi connectivity index (χ0v) is 11.4. The van der Waals surface area contributed by atoms with Crippen LogP contribution in [-0.2, 0) is 0 Å². The SMILES string of the molecule is CC1(CN2CCCC2C2CCCC2)CCNC1. The third kappa shape index (κ3) is 2.53. The van der Waals surface area contributed by atoms with Gasteiger partial charge < -0.3 is 5.32 Å². The predicted molar refractivity (Wildman–Crippen MR) is 72.1 cm³/mol. The summed E-state index contributed by atoms with van der Waals surface area (Å²) in [7, 11) is 0. The van der Waals surface area contributed by atoms with Crippen LogP contribution in [0.25, 0.3) is 0 Å². The second-order valence-electron chi connectivity index (χ2n) is 6.96. The van der Waals surface area contributed by atoms with Crippen LogP contribution >= 0.6 is 0 Å². The number of likely N-dealkylation sites (tertiary alicyclic amines) is 1. The fourth-order valence-corrected chi connectivity index (χ4v) is 4.42. The van der Waals surface area contributed by atoms with Crippen LogP contribution in [0.2, 0.25) is 0 Å². The van der Waals surface area contributed by atoms with E-state index in [1.165, 1.54) is 71.1 Å². The van der Waals surface area contributed by atoms with Crippen molar-refractivity contribution in [2.24, 2.45) is 11.3 Å². The molecule has 3 aliphatic rings. The molecular formula is C15H28N2. The molecule has 2 atom stereocenters. The Bertz CT molecular complexity index is 252. The highest BCUT2D eigenvalue weighted by molar-refractivity contribution is 4.93. The lowest BCUT2D eigenvalue weighted by molar-refractivity contribution is 0.130. The van der Waals surface area contributed by atoms with E-state index in [0.29, 0.717) is 5.41 Å². The van der Waals surface area contributed by atoms with Crippen molar-refractivity contribution in [1.82, 2.24) is 10.2 Å². The van der Waals surface area contributed by atoms with Crippen LogP contribution in [0.4, 0.5) is 0 Å². The summed E-state index contributed by atoms with van der Waals surface area (Å²) < 4.78 is 0. The molecule has 1 N–H and O–H groups in total. The van der Waals surface area contributed by atoms with Crippen LogP contribution in [0.3, 0.4) is 0 Å². The molecule has 17 heavy (non-hydrogen) atoms. The minimum Gasteiger partial charge on any atom is -0.316 e. The van der Waals surface area contributed by atoms with Crippen molar-refractivity contribution >= 4 is 0 Å². The molecular weight excluding hydrogens is 208 g/mol. The van der Waals surface area contributed by atoms with Gasteiger partial charge in [-0.3, -0.25) is 4.90 Å². The lowest BCUT2D eigenvalue weighted by Gasteiger charge is -2.35. The van der Waals surface area contributed by atoms with Crippen molar-refractivity contribution in [3.05, 3.63) is 0 Å². The molecule has 2 heterocycles. The molecule has 0 aromatic carbocycles. The van der Waals surface area contributed by atoms with Gasteiger partial charge in [0.1, 0.15) is 0 Å². The number of rotatable bonds is 3. The van der Waals surface area contributed by atoms with Gasteiger partial charge in [0.05, 0.1) is 0 Å². The molecule has 3 fully saturated rings. The van der Waals surface area contributed by atoms with Crippen LogP contribution in [0.15, 0.2) is 0 Å². The second kappa shape index (κ2) is 4.89. The number of hydrogen-bond acceptors (Lipinski definition) is 2. The smallest absolute Gasteiger partial charge is 0.0124 e. The third-order valence-electron chi connectivity index (χ3n) is 5.40. The summed E-state index contributed by atoms with van der Waals surface area (Å²) in [5.41, 5.74) is 0.557. The Labute approximate surface area is 106 Å². The highest BCUT2D eigenvalue weighted by Gasteiger charge is 2.38. The van der Waals surface area contributed by atoms with E-state index in [2.05, 4.69) is 17.1 Å². The van der Waals surface area contributed by atoms with Crippen LogP contribution in [0, 0.1) is 11.3 Å². The molecule has 0 spiro atoms. The average Bonchev–Trinajstić information content (AvgIpc) is 2.98. The van der Waals surface area contributed by atoms with Crippen LogP contribution in [0.1, 0.15) is 51.9 Å². The molecule has 0 bridgehead atoms. The van der Waals surface area contributed by atoms with Crippen molar-refractivity contribution in [3.8, 4) is 0 Å². The summed E-state index contributed by atoms with van der Waals surface area (Å²) in [5.74, 6) is 1.04. The Hall–Kier alpha value is -0.0800. The highest BCUT2D eigenvalue weighted by Crippen LogP contribution is 2.37. The van der Waals surface area contributed by atoms with Crippen molar-refractivity contribution in [2.75, 3.05) is 26.2 Å². The van der Waals surface area contributed by atoms with Crippen LogP contribution in [0.5, 0.6) is 0 Å². The van der Waals surface area contributed by atoms with E-state index in [4.69, 9.17) is 0 Å². The largest absolute Gasteiger partial charge is 0.316 e. The van der Waals surface area contributed by atoms with E-state index in [1.54, 1.807) is 0 Å². The van der Waals surface area contributed by atoms with Gasteiger partial charge in [0.15, 0.2) is 0 Å². The fraction of sp³-hybridized carbons (Fsp3) is 1.00. The zero-order chi connectivity index (χ0) is 11.7. The summed E-state index contributed by atoms with van der Waals surface area (Å²) in [6.07, 6.45) is 10.3. The lowest BCUT2D eigenvalue weighted by Crippen LogP contribution is -2.42. The van der Waals surface area contributed by atoms with Gasteiger partial charge in [-0.15, -0.1) is 0 Å². The van der Waals surface area contributed by atoms with E-state index in [1.807, 2.05) is 0 Å². The summed E-state index contributed by atoms with van der Waals surface area (Å²) in [5, 5.41) is 3.54. The Balaban J connectivity index is 1.61. The van der Waals surface area contributed by atoms with E-state index in [0.717, 1.165) is 12.0 Å². The number of nitrogens with zero attached hydrogens (tertiary/aromatic N) is 1. The van der Waals surface area contributed by atoms with Crippen molar-refractivity contribution < 1.29 is 0 Å². The van der Waals surface area contributed by atoms with E-state index in [9.17, 15) is 0 Å². The molecule has 2 unspecified atom stereocenters. The van der Waals surface area contributed by atoms with Crippen LogP contribution < -0.4 is 5.32 Å². The molecule has 1 saturated carbocycles. The molecule has 98 valence electrons. The quantitative estimate of drug-likeness (QED) is 0.810. The monoisotopic (exact) mass is 236 g/mol. The topological polar surface area (TPSA) is 15.3 Å². The predicted octanol–water partition coefficient (Wildman–Crippen LogP) is 2.64. The minimum atomic E-state index is 0.557. The van der Waals surface area contributed by atoms with Gasteiger partial charge in [0.25, 0.3) is 0 Å². The minimum absolute atomic E-state index is 0.557. The first-order valence-electron chi connectivity index (χ1n) is 7.72. The highest BCUT2D eigenvalue weighted by atomic mass is 15.2. The van der Waals surface area contributed by atoms with Gasteiger partial charge in [-0.2, -0.15) is 0 Å². The Morgan fingerprint density at radius 3 is 2.71 bits per heavy atom. The van der Waals surface area contributed by atoms with Crippen molar-refractivity contribution in [2.45, 2.75) is 57.9 Å². The standard InChI is InChI=1S/C15H28N2/c1-15(8-9-16-11-15)12-17-10-4-7-14(17)13-5-2-3-6-13/h13-14,16H,2-12H2,1H3. The van der Waals surface area contributed by atoms with Crippen molar-refractivity contribution in [3.63, 3.8) is 0 Å². The molecule has 0 aromatic rings. The normalized spacial score (nSPS) is 40.4. The Morgan fingerprint density at radius 1 is 1.18 bits per heavy atom. The molecule has 3 rings (SSSR count). The second-order valence-corrected chi connectivity index (χ2v) is 6.96. The van der Waals surface area contributed by atoms with Gasteiger partial charge in [-0.25, -0.2) is 0 Å². The number of nitrogens with one attached hydrogen (secondary N) is 1. The first kappa shape index (κ1) is 12.0. The number of hydrogen-bond donors (Lipinski definition) is 1. The first-order chi connectivity index (χ1) is 8.27. The van der Waals surface area contributed by atoms with Gasteiger partial charge >= 0.3 is 0 Å². The molecule has 1 aliphatic carbocycles. The molecule has 0 radical (unpaired) electrons. The Kier molecular flexibility index (Phi) is 3.45. The Morgan fingerprint density at radius 2 is 2.00 bits per heavy atom. The van der Waals surface area contributed by atoms with Gasteiger partial charge in [-0.05, 0) is 56.5 Å². The third-order valence-corrected chi connectivity index (χ3v) is 5.40. The molecule has 2 aliphatic heterocycles. The maximum Gasteiger partial charge on any atom is 0.0124 e. The van der Waals surface area contributed by atoms with Gasteiger partial charge in [-0.1, -0.05) is 19.8 Å². The zero-order valence-electron chi connectivity index (χ0n) is 11.4. The molecule has 2 heteroatoms. The average molecular weight is 236 g/mol. The molecule has 2 saturated heterocycles. The lowest BCUT2D eigenvalue weighted by atomic mass is 9.87. The fourth-order valence-electron chi connectivity index (χ4n) is 4.42. The van der Waals surface area contributed by atoms with Gasteiger partial charge in [0, 0.05) is 19.1 Å². The molecule has 0 amide bonds. The molecule has 0 aromatic heterocycles. The van der Waals surface area contributed by atoms with Crippen LogP contribution in [-0.4, -0.2) is 37.1 Å². The van der Waals surface area contributed by atoms with E-state index in [-0.39, 0.29) is 0 Å². The van der Waals surface area contributed by atoms with Crippen molar-refractivity contribution in [1.29, 1.82) is 0 Å². The maximum absolute atomic E-state index is 3.54. The van der Waals surface area contributed by atoms with E-state index < -0.39 is 0 Å². The van der Waals surface area contributed by atoms with E-state index >= 15 is 0 Å². The first-order valence-corrected chi connectivity index (χ1v) is 7.72.